The molecule has 0 N–H and O–H groups in total. The lowest BCUT2D eigenvalue weighted by atomic mass is 10.1. The van der Waals surface area contributed by atoms with E-state index in [9.17, 15) is 4.79 Å². The zero-order valence-electron chi connectivity index (χ0n) is 16.8. The fourth-order valence-corrected chi connectivity index (χ4v) is 4.20. The SMILES string of the molecule is O=C(COc1cccc(Cl)c1Cl)N1CCN(c2ccc(-c3ccc(Cl)cc3Cl)nn2)CC1. The zero-order chi connectivity index (χ0) is 22.7. The Morgan fingerprint density at radius 3 is 2.38 bits per heavy atom. The molecule has 2 aromatic carbocycles. The van der Waals surface area contributed by atoms with Crippen molar-refractivity contribution in [2.24, 2.45) is 0 Å². The van der Waals surface area contributed by atoms with Gasteiger partial charge in [-0.25, -0.2) is 0 Å². The van der Waals surface area contributed by atoms with E-state index in [0.717, 1.165) is 11.4 Å². The highest BCUT2D eigenvalue weighted by atomic mass is 35.5. The summed E-state index contributed by atoms with van der Waals surface area (Å²) in [5, 5.41) is 10.4. The van der Waals surface area contributed by atoms with Crippen molar-refractivity contribution in [3.05, 3.63) is 68.6 Å². The number of halogens is 4. The summed E-state index contributed by atoms with van der Waals surface area (Å²) in [6.07, 6.45) is 0. The van der Waals surface area contributed by atoms with Crippen LogP contribution in [-0.2, 0) is 4.79 Å². The molecule has 6 nitrogen and oxygen atoms in total. The zero-order valence-corrected chi connectivity index (χ0v) is 19.8. The molecule has 1 saturated heterocycles. The molecule has 0 unspecified atom stereocenters. The van der Waals surface area contributed by atoms with Gasteiger partial charge in [-0.05, 0) is 42.5 Å². The number of aromatic nitrogens is 2. The average molecular weight is 512 g/mol. The van der Waals surface area contributed by atoms with Gasteiger partial charge in [0.15, 0.2) is 12.4 Å². The summed E-state index contributed by atoms with van der Waals surface area (Å²) >= 11 is 24.3. The number of carbonyl (C=O) groups is 1. The fraction of sp³-hybridized carbons (Fsp3) is 0.227. The van der Waals surface area contributed by atoms with Crippen LogP contribution in [-0.4, -0.2) is 53.8 Å². The number of nitrogens with zero attached hydrogens (tertiary/aromatic N) is 4. The van der Waals surface area contributed by atoms with Crippen LogP contribution in [0.15, 0.2) is 48.5 Å². The van der Waals surface area contributed by atoms with E-state index in [4.69, 9.17) is 51.1 Å². The number of ether oxygens (including phenoxy) is 1. The Hall–Kier alpha value is -2.25. The van der Waals surface area contributed by atoms with Gasteiger partial charge in [0.2, 0.25) is 0 Å². The van der Waals surface area contributed by atoms with Crippen molar-refractivity contribution in [3.63, 3.8) is 0 Å². The molecule has 4 rings (SSSR count). The molecule has 1 fully saturated rings. The second-order valence-electron chi connectivity index (χ2n) is 7.11. The number of hydrogen-bond donors (Lipinski definition) is 0. The van der Waals surface area contributed by atoms with Gasteiger partial charge in [-0.15, -0.1) is 10.2 Å². The minimum Gasteiger partial charge on any atom is -0.482 e. The predicted octanol–water partition coefficient (Wildman–Crippen LogP) is 5.48. The first-order valence-electron chi connectivity index (χ1n) is 9.81. The number of piperazine rings is 1. The van der Waals surface area contributed by atoms with Crippen LogP contribution in [0.2, 0.25) is 20.1 Å². The summed E-state index contributed by atoms with van der Waals surface area (Å²) in [7, 11) is 0. The van der Waals surface area contributed by atoms with E-state index in [0.29, 0.717) is 57.7 Å². The summed E-state index contributed by atoms with van der Waals surface area (Å²) in [5.41, 5.74) is 1.44. The first-order chi connectivity index (χ1) is 15.4. The predicted molar refractivity (Wildman–Crippen MR) is 128 cm³/mol. The summed E-state index contributed by atoms with van der Waals surface area (Å²) in [5.74, 6) is 1.02. The number of amides is 1. The Morgan fingerprint density at radius 1 is 0.906 bits per heavy atom. The van der Waals surface area contributed by atoms with Gasteiger partial charge in [0, 0.05) is 36.8 Å². The largest absolute Gasteiger partial charge is 0.482 e. The van der Waals surface area contributed by atoms with Crippen LogP contribution in [0.3, 0.4) is 0 Å². The average Bonchev–Trinajstić information content (AvgIpc) is 2.80. The van der Waals surface area contributed by atoms with Crippen LogP contribution >= 0.6 is 46.4 Å². The minimum atomic E-state index is -0.112. The van der Waals surface area contributed by atoms with E-state index < -0.39 is 0 Å². The Morgan fingerprint density at radius 2 is 1.69 bits per heavy atom. The second-order valence-corrected chi connectivity index (χ2v) is 8.74. The molecule has 1 aliphatic rings. The van der Waals surface area contributed by atoms with Gasteiger partial charge in [0.25, 0.3) is 5.91 Å². The Bertz CT molecular complexity index is 1120. The first-order valence-corrected chi connectivity index (χ1v) is 11.3. The highest BCUT2D eigenvalue weighted by Gasteiger charge is 2.23. The van der Waals surface area contributed by atoms with E-state index in [1.54, 1.807) is 35.2 Å². The summed E-state index contributed by atoms with van der Waals surface area (Å²) in [6.45, 7) is 2.28. The van der Waals surface area contributed by atoms with Gasteiger partial charge in [-0.2, -0.15) is 0 Å². The summed E-state index contributed by atoms with van der Waals surface area (Å²) < 4.78 is 5.55. The number of rotatable bonds is 5. The topological polar surface area (TPSA) is 58.6 Å². The monoisotopic (exact) mass is 510 g/mol. The fourth-order valence-electron chi connectivity index (χ4n) is 3.35. The van der Waals surface area contributed by atoms with Gasteiger partial charge < -0.3 is 14.5 Å². The molecule has 1 aliphatic heterocycles. The summed E-state index contributed by atoms with van der Waals surface area (Å²) in [6, 6.07) is 14.1. The van der Waals surface area contributed by atoms with Crippen molar-refractivity contribution in [1.82, 2.24) is 15.1 Å². The van der Waals surface area contributed by atoms with E-state index in [1.165, 1.54) is 0 Å². The lowest BCUT2D eigenvalue weighted by Gasteiger charge is -2.35. The third-order valence-electron chi connectivity index (χ3n) is 5.08. The van der Waals surface area contributed by atoms with Gasteiger partial charge in [0.1, 0.15) is 10.8 Å². The number of anilines is 1. The van der Waals surface area contributed by atoms with Crippen LogP contribution in [0.4, 0.5) is 5.82 Å². The van der Waals surface area contributed by atoms with Crippen molar-refractivity contribution < 1.29 is 9.53 Å². The molecule has 2 heterocycles. The molecule has 1 amide bonds. The van der Waals surface area contributed by atoms with Gasteiger partial charge in [0.05, 0.1) is 15.7 Å². The molecule has 0 radical (unpaired) electrons. The van der Waals surface area contributed by atoms with E-state index >= 15 is 0 Å². The third-order valence-corrected chi connectivity index (χ3v) is 6.43. The molecule has 3 aromatic rings. The van der Waals surface area contributed by atoms with Crippen molar-refractivity contribution in [2.75, 3.05) is 37.7 Å². The molecular formula is C22H18Cl4N4O2. The smallest absolute Gasteiger partial charge is 0.260 e. The van der Waals surface area contributed by atoms with Crippen molar-refractivity contribution in [1.29, 1.82) is 0 Å². The van der Waals surface area contributed by atoms with Crippen LogP contribution in [0.5, 0.6) is 5.75 Å². The lowest BCUT2D eigenvalue weighted by molar-refractivity contribution is -0.133. The van der Waals surface area contributed by atoms with Crippen molar-refractivity contribution in [2.45, 2.75) is 0 Å². The highest BCUT2D eigenvalue weighted by Crippen LogP contribution is 2.32. The standard InChI is InChI=1S/C22H18Cl4N4O2/c23-14-4-5-15(17(25)12-14)18-6-7-20(28-27-18)29-8-10-30(11-9-29)21(31)13-32-19-3-1-2-16(24)22(19)26/h1-7,12H,8-11,13H2. The Labute approximate surface area is 205 Å². The molecule has 0 saturated carbocycles. The van der Waals surface area contributed by atoms with E-state index in [2.05, 4.69) is 15.1 Å². The Kier molecular flexibility index (Phi) is 7.26. The normalized spacial score (nSPS) is 13.9. The third kappa shape index (κ3) is 5.21. The van der Waals surface area contributed by atoms with Crippen LogP contribution in [0, 0.1) is 0 Å². The van der Waals surface area contributed by atoms with E-state index in [1.807, 2.05) is 18.2 Å². The quantitative estimate of drug-likeness (QED) is 0.453. The van der Waals surface area contributed by atoms with Crippen LogP contribution in [0.1, 0.15) is 0 Å². The lowest BCUT2D eigenvalue weighted by Crippen LogP contribution is -2.50. The Balaban J connectivity index is 1.32. The van der Waals surface area contributed by atoms with Crippen molar-refractivity contribution in [3.8, 4) is 17.0 Å². The van der Waals surface area contributed by atoms with E-state index in [-0.39, 0.29) is 12.5 Å². The van der Waals surface area contributed by atoms with Crippen LogP contribution < -0.4 is 9.64 Å². The molecular weight excluding hydrogens is 494 g/mol. The maximum absolute atomic E-state index is 12.5. The maximum atomic E-state index is 12.5. The van der Waals surface area contributed by atoms with Crippen molar-refractivity contribution >= 4 is 58.1 Å². The van der Waals surface area contributed by atoms with Gasteiger partial charge >= 0.3 is 0 Å². The number of hydrogen-bond acceptors (Lipinski definition) is 5. The summed E-state index contributed by atoms with van der Waals surface area (Å²) in [4.78, 5) is 16.4. The first kappa shape index (κ1) is 22.9. The molecule has 10 heteroatoms. The molecule has 32 heavy (non-hydrogen) atoms. The van der Waals surface area contributed by atoms with Gasteiger partial charge in [-0.3, -0.25) is 4.79 Å². The molecule has 0 spiro atoms. The molecule has 0 aliphatic carbocycles. The minimum absolute atomic E-state index is 0.101. The van der Waals surface area contributed by atoms with Gasteiger partial charge in [-0.1, -0.05) is 52.5 Å². The second kappa shape index (κ2) is 10.1. The maximum Gasteiger partial charge on any atom is 0.260 e. The molecule has 0 bridgehead atoms. The molecule has 166 valence electrons. The number of carbonyl (C=O) groups excluding carboxylic acids is 1. The van der Waals surface area contributed by atoms with Crippen LogP contribution in [0.25, 0.3) is 11.3 Å². The molecule has 1 aromatic heterocycles. The highest BCUT2D eigenvalue weighted by molar-refractivity contribution is 6.42. The number of benzene rings is 2. The molecule has 0 atom stereocenters.